The third-order valence-corrected chi connectivity index (χ3v) is 8.87. The highest BCUT2D eigenvalue weighted by Gasteiger charge is 2.38. The average molecular weight is 556 g/mol. The van der Waals surface area contributed by atoms with Gasteiger partial charge in [-0.1, -0.05) is 91.0 Å². The van der Waals surface area contributed by atoms with Gasteiger partial charge in [-0.3, -0.25) is 4.52 Å². The topological polar surface area (TPSA) is 157 Å². The van der Waals surface area contributed by atoms with Crippen LogP contribution in [-0.2, 0) is 38.1 Å². The molecule has 0 heterocycles. The summed E-state index contributed by atoms with van der Waals surface area (Å²) in [5.41, 5.74) is 1.25. The molecule has 3 N–H and O–H groups in total. The van der Waals surface area contributed by atoms with Crippen LogP contribution in [0.15, 0.2) is 91.0 Å². The first kappa shape index (κ1) is 28.4. The normalized spacial score (nSPS) is 14.3. The van der Waals surface area contributed by atoms with E-state index in [0.717, 1.165) is 16.7 Å². The molecule has 3 aromatic carbocycles. The van der Waals surface area contributed by atoms with Crippen molar-refractivity contribution in [3.8, 4) is 0 Å². The summed E-state index contributed by atoms with van der Waals surface area (Å²) in [5, 5.41) is 0. The first-order chi connectivity index (χ1) is 16.9. The number of hydrogen-bond donors (Lipinski definition) is 3. The Morgan fingerprint density at radius 1 is 0.667 bits per heavy atom. The smallest absolute Gasteiger partial charge is 0.360 e. The molecular formula is C23H26O10P2S. The summed E-state index contributed by atoms with van der Waals surface area (Å²) < 4.78 is 61.8. The van der Waals surface area contributed by atoms with Gasteiger partial charge in [-0.2, -0.15) is 4.31 Å². The van der Waals surface area contributed by atoms with Crippen molar-refractivity contribution in [3.63, 3.8) is 0 Å². The Labute approximate surface area is 209 Å². The Hall–Kier alpha value is -2.17. The van der Waals surface area contributed by atoms with Crippen LogP contribution in [0.3, 0.4) is 0 Å². The molecule has 3 aromatic rings. The molecule has 0 aliphatic carbocycles. The molecule has 194 valence electrons. The third kappa shape index (κ3) is 7.91. The van der Waals surface area contributed by atoms with Gasteiger partial charge in [0, 0.05) is 0 Å². The van der Waals surface area contributed by atoms with Gasteiger partial charge in [-0.15, -0.1) is 0 Å². The minimum atomic E-state index is -5.30. The zero-order chi connectivity index (χ0) is 26.3. The molecular weight excluding hydrogens is 530 g/mol. The van der Waals surface area contributed by atoms with E-state index in [0.29, 0.717) is 0 Å². The molecule has 0 amide bonds. The molecule has 3 rings (SSSR count). The maximum absolute atomic E-state index is 12.6. The summed E-state index contributed by atoms with van der Waals surface area (Å²) >= 11 is 0. The van der Waals surface area contributed by atoms with Crippen LogP contribution in [0.25, 0.3) is 0 Å². The standard InChI is InChI=1S/C23H26O10P2S/c24-34(25,26)33-35(27,28)32-17-19-36(29,30)18-16-31-23(20-10-4-1-5-11-20,21-12-6-2-7-13-21)22-14-8-3-9-15-22/h1-15H,16-19H2,(H,27,28)(H2,24,25,26). The van der Waals surface area contributed by atoms with E-state index in [1.54, 1.807) is 0 Å². The van der Waals surface area contributed by atoms with Crippen LogP contribution in [0, 0.1) is 0 Å². The molecule has 0 radical (unpaired) electrons. The zero-order valence-corrected chi connectivity index (χ0v) is 21.6. The molecule has 10 nitrogen and oxygen atoms in total. The Morgan fingerprint density at radius 3 is 1.44 bits per heavy atom. The molecule has 0 bridgehead atoms. The lowest BCUT2D eigenvalue weighted by atomic mass is 9.80. The van der Waals surface area contributed by atoms with Crippen molar-refractivity contribution >= 4 is 25.5 Å². The fourth-order valence-corrected chi connectivity index (χ4v) is 6.22. The fourth-order valence-electron chi connectivity index (χ4n) is 3.63. The Bertz CT molecular complexity index is 1220. The second-order valence-corrected chi connectivity index (χ2v) is 12.8. The quantitative estimate of drug-likeness (QED) is 0.210. The number of rotatable bonds is 13. The van der Waals surface area contributed by atoms with Crippen molar-refractivity contribution in [2.75, 3.05) is 24.7 Å². The van der Waals surface area contributed by atoms with Gasteiger partial charge in [0.1, 0.15) is 5.60 Å². The van der Waals surface area contributed by atoms with Crippen LogP contribution in [0.1, 0.15) is 16.7 Å². The summed E-state index contributed by atoms with van der Waals surface area (Å²) in [7, 11) is -14.3. The van der Waals surface area contributed by atoms with E-state index < -0.39 is 49.2 Å². The van der Waals surface area contributed by atoms with E-state index >= 15 is 0 Å². The lowest BCUT2D eigenvalue weighted by Crippen LogP contribution is -2.35. The van der Waals surface area contributed by atoms with Crippen molar-refractivity contribution in [3.05, 3.63) is 108 Å². The van der Waals surface area contributed by atoms with Gasteiger partial charge in [0.25, 0.3) is 0 Å². The van der Waals surface area contributed by atoms with Crippen molar-refractivity contribution in [2.24, 2.45) is 0 Å². The Kier molecular flexibility index (Phi) is 9.40. The van der Waals surface area contributed by atoms with Gasteiger partial charge in [0.05, 0.1) is 24.7 Å². The van der Waals surface area contributed by atoms with E-state index in [-0.39, 0.29) is 6.61 Å². The molecule has 0 spiro atoms. The number of phosphoric ester groups is 1. The summed E-state index contributed by atoms with van der Waals surface area (Å²) in [6.45, 7) is -1.03. The summed E-state index contributed by atoms with van der Waals surface area (Å²) in [4.78, 5) is 26.6. The number of benzene rings is 3. The predicted octanol–water partition coefficient (Wildman–Crippen LogP) is 3.64. The minimum absolute atomic E-state index is 0.225. The summed E-state index contributed by atoms with van der Waals surface area (Å²) in [5.74, 6) is -1.14. The molecule has 1 unspecified atom stereocenters. The first-order valence-electron chi connectivity index (χ1n) is 10.7. The van der Waals surface area contributed by atoms with Crippen LogP contribution in [0.5, 0.6) is 0 Å². The molecule has 0 aliphatic heterocycles. The molecule has 1 atom stereocenters. The highest BCUT2D eigenvalue weighted by atomic mass is 32.2. The SMILES string of the molecule is O=P(O)(O)OP(=O)(O)OCCS(=O)(=O)CCOC(c1ccccc1)(c1ccccc1)c1ccccc1. The Balaban J connectivity index is 1.80. The Morgan fingerprint density at radius 2 is 1.06 bits per heavy atom. The number of hydrogen-bond acceptors (Lipinski definition) is 7. The van der Waals surface area contributed by atoms with Crippen LogP contribution in [-0.4, -0.2) is 47.8 Å². The molecule has 0 aromatic heterocycles. The third-order valence-electron chi connectivity index (χ3n) is 5.11. The van der Waals surface area contributed by atoms with Crippen molar-refractivity contribution < 1.29 is 45.8 Å². The van der Waals surface area contributed by atoms with E-state index in [1.165, 1.54) is 0 Å². The number of phosphoric acid groups is 2. The first-order valence-corrected chi connectivity index (χ1v) is 15.5. The van der Waals surface area contributed by atoms with Gasteiger partial charge in [0.2, 0.25) is 0 Å². The summed E-state index contributed by atoms with van der Waals surface area (Å²) in [6.07, 6.45) is 0. The van der Waals surface area contributed by atoms with Gasteiger partial charge in [-0.05, 0) is 16.7 Å². The van der Waals surface area contributed by atoms with Gasteiger partial charge >= 0.3 is 15.6 Å². The van der Waals surface area contributed by atoms with Crippen molar-refractivity contribution in [1.29, 1.82) is 0 Å². The maximum Gasteiger partial charge on any atom is 0.481 e. The highest BCUT2D eigenvalue weighted by molar-refractivity contribution is 7.91. The van der Waals surface area contributed by atoms with Crippen LogP contribution in [0.4, 0.5) is 0 Å². The molecule has 0 saturated heterocycles. The maximum atomic E-state index is 12.6. The largest absolute Gasteiger partial charge is 0.481 e. The van der Waals surface area contributed by atoms with Crippen LogP contribution in [0.2, 0.25) is 0 Å². The van der Waals surface area contributed by atoms with E-state index in [1.807, 2.05) is 91.0 Å². The fraction of sp³-hybridized carbons (Fsp3) is 0.217. The summed E-state index contributed by atoms with van der Waals surface area (Å²) in [6, 6.07) is 28.1. The lowest BCUT2D eigenvalue weighted by molar-refractivity contribution is 0.0227. The molecule has 36 heavy (non-hydrogen) atoms. The zero-order valence-electron chi connectivity index (χ0n) is 19.0. The minimum Gasteiger partial charge on any atom is -0.360 e. The van der Waals surface area contributed by atoms with E-state index in [4.69, 9.17) is 14.5 Å². The molecule has 0 saturated carbocycles. The van der Waals surface area contributed by atoms with Crippen LogP contribution >= 0.6 is 15.6 Å². The molecule has 0 fully saturated rings. The lowest BCUT2D eigenvalue weighted by Gasteiger charge is -2.36. The van der Waals surface area contributed by atoms with Crippen molar-refractivity contribution in [1.82, 2.24) is 0 Å². The van der Waals surface area contributed by atoms with E-state index in [9.17, 15) is 22.4 Å². The predicted molar refractivity (Wildman–Crippen MR) is 133 cm³/mol. The van der Waals surface area contributed by atoms with Crippen molar-refractivity contribution in [2.45, 2.75) is 5.60 Å². The van der Waals surface area contributed by atoms with Crippen LogP contribution < -0.4 is 0 Å². The second kappa shape index (κ2) is 11.9. The highest BCUT2D eigenvalue weighted by Crippen LogP contribution is 2.57. The average Bonchev–Trinajstić information content (AvgIpc) is 2.82. The van der Waals surface area contributed by atoms with E-state index in [2.05, 4.69) is 8.83 Å². The second-order valence-electron chi connectivity index (χ2n) is 7.65. The molecule has 0 aliphatic rings. The number of sulfone groups is 1. The van der Waals surface area contributed by atoms with Gasteiger partial charge in [-0.25, -0.2) is 17.5 Å². The number of ether oxygens (including phenoxy) is 1. The molecule has 13 heteroatoms. The van der Waals surface area contributed by atoms with Gasteiger partial charge < -0.3 is 19.4 Å². The monoisotopic (exact) mass is 556 g/mol. The van der Waals surface area contributed by atoms with Gasteiger partial charge in [0.15, 0.2) is 9.84 Å².